The van der Waals surface area contributed by atoms with E-state index in [1.807, 2.05) is 0 Å². The van der Waals surface area contributed by atoms with E-state index < -0.39 is 49.9 Å². The van der Waals surface area contributed by atoms with Crippen molar-refractivity contribution >= 4 is 33.0 Å². The number of hydrogen-bond donors (Lipinski definition) is 1. The third kappa shape index (κ3) is 5.05. The molecule has 0 saturated heterocycles. The molecule has 12 heteroatoms. The van der Waals surface area contributed by atoms with E-state index in [1.165, 1.54) is 6.07 Å². The summed E-state index contributed by atoms with van der Waals surface area (Å²) in [6, 6.07) is 4.74. The van der Waals surface area contributed by atoms with Crippen molar-refractivity contribution in [1.82, 2.24) is 5.32 Å². The van der Waals surface area contributed by atoms with Crippen molar-refractivity contribution < 1.29 is 35.1 Å². The smallest absolute Gasteiger partial charge is 0.456 e. The number of halogens is 7. The van der Waals surface area contributed by atoms with Crippen LogP contribution in [0.5, 0.6) is 11.5 Å². The largest absolute Gasteiger partial charge is 0.501 e. The quantitative estimate of drug-likeness (QED) is 0.448. The van der Waals surface area contributed by atoms with Crippen molar-refractivity contribution in [1.29, 1.82) is 0 Å². The predicted molar refractivity (Wildman–Crippen MR) is 93.9 cm³/mol. The Bertz CT molecular complexity index is 947. The number of ether oxygens (including phenoxy) is 1. The Balaban J connectivity index is 2.54. The Labute approximate surface area is 167 Å². The Kier molecular flexibility index (Phi) is 7.13. The van der Waals surface area contributed by atoms with Gasteiger partial charge in [0.05, 0.1) is 9.92 Å². The van der Waals surface area contributed by atoms with Gasteiger partial charge in [-0.2, -0.15) is 13.2 Å². The maximum atomic E-state index is 13.4. The number of benzene rings is 2. The van der Waals surface area contributed by atoms with E-state index in [2.05, 4.69) is 5.32 Å². The molecule has 0 radical (unpaired) electrons. The topological polar surface area (TPSA) is 55.4 Å². The van der Waals surface area contributed by atoms with Crippen LogP contribution in [0.25, 0.3) is 0 Å². The molecule has 28 heavy (non-hydrogen) atoms. The van der Waals surface area contributed by atoms with Gasteiger partial charge in [0, 0.05) is 29.7 Å². The van der Waals surface area contributed by atoms with Crippen LogP contribution >= 0.6 is 23.2 Å². The summed E-state index contributed by atoms with van der Waals surface area (Å²) in [5.41, 5.74) is -6.03. The highest BCUT2D eigenvalue weighted by Gasteiger charge is 2.48. The fourth-order valence-corrected chi connectivity index (χ4v) is 3.73. The van der Waals surface area contributed by atoms with Crippen LogP contribution in [0.4, 0.5) is 22.0 Å². The molecular weight excluding hydrogens is 452 g/mol. The number of sulfone groups is 1. The van der Waals surface area contributed by atoms with Crippen molar-refractivity contribution in [3.05, 3.63) is 51.8 Å². The Hall–Kier alpha value is -1.62. The van der Waals surface area contributed by atoms with Gasteiger partial charge in [-0.25, -0.2) is 17.2 Å². The molecule has 154 valence electrons. The summed E-state index contributed by atoms with van der Waals surface area (Å²) >= 11 is 11.8. The fraction of sp³-hybridized carbons (Fsp3) is 0.250. The first-order valence-corrected chi connectivity index (χ1v) is 9.74. The van der Waals surface area contributed by atoms with Crippen molar-refractivity contribution in [2.75, 3.05) is 13.2 Å². The molecule has 2 aromatic rings. The van der Waals surface area contributed by atoms with E-state index in [0.717, 1.165) is 18.2 Å². The van der Waals surface area contributed by atoms with Crippen LogP contribution in [0.15, 0.2) is 35.2 Å². The monoisotopic (exact) mass is 463 g/mol. The molecular formula is C16H12Cl2F5NO3S. The van der Waals surface area contributed by atoms with Crippen LogP contribution in [0.3, 0.4) is 0 Å². The van der Waals surface area contributed by atoms with Crippen LogP contribution in [-0.2, 0) is 16.4 Å². The fourth-order valence-electron chi connectivity index (χ4n) is 2.20. The molecule has 2 rings (SSSR count). The summed E-state index contributed by atoms with van der Waals surface area (Å²) in [4.78, 5) is -1.10. The number of nitrogens with one attached hydrogen (secondary N) is 1. The van der Waals surface area contributed by atoms with Gasteiger partial charge < -0.3 is 10.1 Å². The molecule has 2 aromatic carbocycles. The van der Waals surface area contributed by atoms with E-state index in [1.54, 1.807) is 0 Å². The van der Waals surface area contributed by atoms with Gasteiger partial charge >= 0.3 is 5.51 Å². The lowest BCUT2D eigenvalue weighted by Gasteiger charge is -2.17. The minimum Gasteiger partial charge on any atom is -0.456 e. The molecule has 1 N–H and O–H groups in total. The summed E-state index contributed by atoms with van der Waals surface area (Å²) in [5, 5.41) is 1.97. The van der Waals surface area contributed by atoms with Crippen LogP contribution in [-0.4, -0.2) is 27.1 Å². The summed E-state index contributed by atoms with van der Waals surface area (Å²) in [6.07, 6.45) is 0. The summed E-state index contributed by atoms with van der Waals surface area (Å²) in [7, 11) is -5.72. The zero-order valence-electron chi connectivity index (χ0n) is 13.8. The molecule has 0 aromatic heterocycles. The number of rotatable bonds is 7. The van der Waals surface area contributed by atoms with Crippen LogP contribution in [0.1, 0.15) is 5.56 Å². The maximum Gasteiger partial charge on any atom is 0.501 e. The van der Waals surface area contributed by atoms with Gasteiger partial charge in [0.15, 0.2) is 0 Å². The van der Waals surface area contributed by atoms with Crippen molar-refractivity contribution in [3.63, 3.8) is 0 Å². The summed E-state index contributed by atoms with van der Waals surface area (Å²) in [6.45, 7) is -1.56. The molecule has 0 amide bonds. The molecule has 4 nitrogen and oxygen atoms in total. The van der Waals surface area contributed by atoms with Crippen LogP contribution < -0.4 is 10.1 Å². The molecule has 0 fully saturated rings. The third-order valence-electron chi connectivity index (χ3n) is 3.40. The Morgan fingerprint density at radius 1 is 1.11 bits per heavy atom. The second kappa shape index (κ2) is 8.81. The van der Waals surface area contributed by atoms with E-state index in [9.17, 15) is 30.4 Å². The van der Waals surface area contributed by atoms with Crippen molar-refractivity contribution in [2.45, 2.75) is 16.9 Å². The zero-order chi connectivity index (χ0) is 21.1. The van der Waals surface area contributed by atoms with Crippen molar-refractivity contribution in [2.24, 2.45) is 0 Å². The van der Waals surface area contributed by atoms with Crippen LogP contribution in [0, 0.1) is 5.82 Å². The Morgan fingerprint density at radius 2 is 1.79 bits per heavy atom. The van der Waals surface area contributed by atoms with E-state index in [0.29, 0.717) is 6.07 Å². The van der Waals surface area contributed by atoms with E-state index >= 15 is 0 Å². The molecule has 0 spiro atoms. The van der Waals surface area contributed by atoms with Gasteiger partial charge in [-0.1, -0.05) is 23.2 Å². The lowest BCUT2D eigenvalue weighted by atomic mass is 10.2. The Morgan fingerprint density at radius 3 is 2.36 bits per heavy atom. The van der Waals surface area contributed by atoms with Crippen LogP contribution in [0.2, 0.25) is 10.0 Å². The lowest BCUT2D eigenvalue weighted by molar-refractivity contribution is -0.0436. The second-order valence-electron chi connectivity index (χ2n) is 5.38. The van der Waals surface area contributed by atoms with Gasteiger partial charge in [0.1, 0.15) is 24.0 Å². The first kappa shape index (κ1) is 22.7. The molecule has 0 saturated carbocycles. The third-order valence-corrected chi connectivity index (χ3v) is 5.60. The predicted octanol–water partition coefficient (Wildman–Crippen LogP) is 5.28. The minimum atomic E-state index is -5.72. The van der Waals surface area contributed by atoms with E-state index in [4.69, 9.17) is 27.9 Å². The van der Waals surface area contributed by atoms with Gasteiger partial charge in [-0.05, 0) is 24.3 Å². The van der Waals surface area contributed by atoms with Crippen molar-refractivity contribution in [3.8, 4) is 11.5 Å². The average Bonchev–Trinajstić information content (AvgIpc) is 2.56. The standard InChI is InChI=1S/C16H12Cl2F5NO3S/c17-9-5-10(20)7-11(6-9)27-13-1-2-14(28(25,26)16(21,22)23)12(15(13)18)8-24-4-3-19/h1-2,5-7,24H,3-4,8H2. The minimum absolute atomic E-state index is 0.00720. The number of hydrogen-bond acceptors (Lipinski definition) is 4. The molecule has 0 bridgehead atoms. The van der Waals surface area contributed by atoms with Gasteiger partial charge in [-0.3, -0.25) is 0 Å². The highest BCUT2D eigenvalue weighted by molar-refractivity contribution is 7.92. The van der Waals surface area contributed by atoms with Gasteiger partial charge in [0.25, 0.3) is 9.84 Å². The SMILES string of the molecule is O=S(=O)(c1ccc(Oc2cc(F)cc(Cl)c2)c(Cl)c1CNCCF)C(F)(F)F. The molecule has 0 unspecified atom stereocenters. The normalized spacial score (nSPS) is 12.2. The molecule has 0 aliphatic carbocycles. The number of alkyl halides is 4. The second-order valence-corrected chi connectivity index (χ2v) is 8.10. The summed E-state index contributed by atoms with van der Waals surface area (Å²) in [5.74, 6) is -1.08. The first-order chi connectivity index (χ1) is 13.0. The average molecular weight is 464 g/mol. The highest BCUT2D eigenvalue weighted by Crippen LogP contribution is 2.40. The molecule has 0 heterocycles. The zero-order valence-corrected chi connectivity index (χ0v) is 16.1. The van der Waals surface area contributed by atoms with Gasteiger partial charge in [0.2, 0.25) is 0 Å². The first-order valence-electron chi connectivity index (χ1n) is 7.50. The molecule has 0 aliphatic rings. The van der Waals surface area contributed by atoms with E-state index in [-0.39, 0.29) is 23.1 Å². The maximum absolute atomic E-state index is 13.4. The lowest BCUT2D eigenvalue weighted by Crippen LogP contribution is -2.26. The molecule has 0 atom stereocenters. The summed E-state index contributed by atoms with van der Waals surface area (Å²) < 4.78 is 93.6. The van der Waals surface area contributed by atoms with Gasteiger partial charge in [-0.15, -0.1) is 0 Å². The molecule has 0 aliphatic heterocycles. The highest BCUT2D eigenvalue weighted by atomic mass is 35.5.